The van der Waals surface area contributed by atoms with Gasteiger partial charge >= 0.3 is 0 Å². The van der Waals surface area contributed by atoms with Gasteiger partial charge in [-0.05, 0) is 55.0 Å². The Morgan fingerprint density at radius 3 is 2.42 bits per heavy atom. The average Bonchev–Trinajstić information content (AvgIpc) is 3.34. The van der Waals surface area contributed by atoms with Crippen LogP contribution in [0.25, 0.3) is 0 Å². The van der Waals surface area contributed by atoms with E-state index >= 15 is 0 Å². The van der Waals surface area contributed by atoms with Crippen molar-refractivity contribution in [3.05, 3.63) is 94.5 Å². The van der Waals surface area contributed by atoms with E-state index in [2.05, 4.69) is 20.1 Å². The van der Waals surface area contributed by atoms with Crippen molar-refractivity contribution in [2.24, 2.45) is 7.05 Å². The van der Waals surface area contributed by atoms with Gasteiger partial charge in [-0.1, -0.05) is 41.9 Å². The standard InChI is InChI=1S/C28H28ClFN6O3S/c1-18-5-3-4-6-23(18)32-26-22(17-31-27(25(26)29)40(38,39)34-24-13-14-35(2)33-24)28(37)36-15-11-20(12-16-36)19-7-9-21(30)10-8-19/h3-10,13-14,17,20H,11-12,15-16H2,1-2H3,(H,31,32)(H,33,34). The van der Waals surface area contributed by atoms with Crippen LogP contribution >= 0.6 is 11.6 Å². The number of nitrogens with one attached hydrogen (secondary N) is 2. The maximum atomic E-state index is 13.8. The zero-order chi connectivity index (χ0) is 28.4. The number of nitrogens with zero attached hydrogens (tertiary/aromatic N) is 4. The van der Waals surface area contributed by atoms with Crippen molar-refractivity contribution in [1.82, 2.24) is 19.7 Å². The van der Waals surface area contributed by atoms with Gasteiger partial charge in [0.25, 0.3) is 15.9 Å². The first kappa shape index (κ1) is 27.6. The summed E-state index contributed by atoms with van der Waals surface area (Å²) in [6, 6.07) is 15.4. The van der Waals surface area contributed by atoms with Crippen LogP contribution in [0.15, 0.2) is 72.0 Å². The molecule has 2 aromatic heterocycles. The summed E-state index contributed by atoms with van der Waals surface area (Å²) in [7, 11) is -2.56. The van der Waals surface area contributed by atoms with E-state index < -0.39 is 15.0 Å². The lowest BCUT2D eigenvalue weighted by atomic mass is 9.89. The minimum absolute atomic E-state index is 0.109. The number of aromatic nitrogens is 3. The third-order valence-corrected chi connectivity index (χ3v) is 8.73. The molecule has 0 atom stereocenters. The summed E-state index contributed by atoms with van der Waals surface area (Å²) in [5, 5.41) is 6.60. The molecule has 1 fully saturated rings. The SMILES string of the molecule is Cc1ccccc1Nc1c(C(=O)N2CCC(c3ccc(F)cc3)CC2)cnc(S(=O)(=O)Nc2ccn(C)n2)c1Cl. The average molecular weight is 583 g/mol. The molecule has 208 valence electrons. The lowest BCUT2D eigenvalue weighted by molar-refractivity contribution is 0.0713. The first-order valence-corrected chi connectivity index (χ1v) is 14.6. The first-order valence-electron chi connectivity index (χ1n) is 12.7. The molecule has 9 nitrogen and oxygen atoms in total. The van der Waals surface area contributed by atoms with E-state index in [1.165, 1.54) is 29.1 Å². The summed E-state index contributed by atoms with van der Waals surface area (Å²) < 4.78 is 43.6. The lowest BCUT2D eigenvalue weighted by Crippen LogP contribution is -2.38. The molecule has 3 heterocycles. The van der Waals surface area contributed by atoms with Crippen LogP contribution in [0, 0.1) is 12.7 Å². The summed E-state index contributed by atoms with van der Waals surface area (Å²) in [5.74, 6) is -0.279. The topological polar surface area (TPSA) is 109 Å². The number of amides is 1. The minimum atomic E-state index is -4.22. The summed E-state index contributed by atoms with van der Waals surface area (Å²) in [4.78, 5) is 19.6. The highest BCUT2D eigenvalue weighted by atomic mass is 35.5. The fraction of sp³-hybridized carbons (Fsp3) is 0.250. The molecule has 0 radical (unpaired) electrons. The van der Waals surface area contributed by atoms with E-state index in [4.69, 9.17) is 11.6 Å². The molecule has 0 unspecified atom stereocenters. The van der Waals surface area contributed by atoms with Crippen LogP contribution in [0.2, 0.25) is 5.02 Å². The highest BCUT2D eigenvalue weighted by molar-refractivity contribution is 7.92. The van der Waals surface area contributed by atoms with Gasteiger partial charge in [0.2, 0.25) is 0 Å². The van der Waals surface area contributed by atoms with Crippen LogP contribution in [0.1, 0.15) is 40.2 Å². The number of sulfonamides is 1. The fourth-order valence-electron chi connectivity index (χ4n) is 4.77. The van der Waals surface area contributed by atoms with E-state index in [-0.39, 0.29) is 39.7 Å². The number of aryl methyl sites for hydroxylation is 2. The Kier molecular flexibility index (Phi) is 7.77. The van der Waals surface area contributed by atoms with Gasteiger partial charge in [0.1, 0.15) is 10.8 Å². The number of carbonyl (C=O) groups excluding carboxylic acids is 1. The molecule has 40 heavy (non-hydrogen) atoms. The van der Waals surface area contributed by atoms with E-state index in [0.29, 0.717) is 31.6 Å². The van der Waals surface area contributed by atoms with Crippen molar-refractivity contribution < 1.29 is 17.6 Å². The Bertz CT molecular complexity index is 1650. The van der Waals surface area contributed by atoms with Crippen LogP contribution in [0.4, 0.5) is 21.6 Å². The summed E-state index contributed by atoms with van der Waals surface area (Å²) in [6.07, 6.45) is 4.26. The first-order chi connectivity index (χ1) is 19.1. The predicted octanol–water partition coefficient (Wildman–Crippen LogP) is 5.48. The van der Waals surface area contributed by atoms with Crippen LogP contribution < -0.4 is 10.0 Å². The molecular weight excluding hydrogens is 555 g/mol. The Hall–Kier alpha value is -3.96. The molecule has 1 aliphatic heterocycles. The third kappa shape index (κ3) is 5.80. The maximum absolute atomic E-state index is 13.8. The van der Waals surface area contributed by atoms with Gasteiger partial charge in [-0.25, -0.2) is 9.37 Å². The number of pyridine rings is 1. The highest BCUT2D eigenvalue weighted by Gasteiger charge is 2.31. The van der Waals surface area contributed by atoms with Gasteiger partial charge in [0.05, 0.1) is 11.3 Å². The molecule has 2 N–H and O–H groups in total. The number of anilines is 3. The molecule has 0 bridgehead atoms. The van der Waals surface area contributed by atoms with E-state index in [0.717, 1.165) is 11.1 Å². The Balaban J connectivity index is 1.46. The molecule has 1 saturated heterocycles. The molecule has 2 aromatic carbocycles. The normalized spacial score (nSPS) is 14.2. The summed E-state index contributed by atoms with van der Waals surface area (Å²) in [5.41, 5.74) is 2.89. The van der Waals surface area contributed by atoms with Gasteiger partial charge in [-0.15, -0.1) is 0 Å². The monoisotopic (exact) mass is 582 g/mol. The second-order valence-corrected chi connectivity index (χ2v) is 11.7. The van der Waals surface area contributed by atoms with Gasteiger partial charge in [0.15, 0.2) is 10.8 Å². The maximum Gasteiger partial charge on any atom is 0.282 e. The Morgan fingerprint density at radius 2 is 1.77 bits per heavy atom. The number of hydrogen-bond donors (Lipinski definition) is 2. The number of halogens is 2. The van der Waals surface area contributed by atoms with Crippen molar-refractivity contribution in [2.75, 3.05) is 23.1 Å². The number of piperidine rings is 1. The van der Waals surface area contributed by atoms with Crippen LogP contribution in [-0.2, 0) is 17.1 Å². The van der Waals surface area contributed by atoms with E-state index in [1.54, 1.807) is 30.3 Å². The van der Waals surface area contributed by atoms with E-state index in [9.17, 15) is 17.6 Å². The van der Waals surface area contributed by atoms with Gasteiger partial charge in [0, 0.05) is 44.3 Å². The second kappa shape index (κ2) is 11.3. The van der Waals surface area contributed by atoms with Crippen molar-refractivity contribution in [2.45, 2.75) is 30.7 Å². The minimum Gasteiger partial charge on any atom is -0.353 e. The number of benzene rings is 2. The number of rotatable bonds is 7. The van der Waals surface area contributed by atoms with E-state index in [1.807, 2.05) is 31.2 Å². The molecule has 0 spiro atoms. The fourth-order valence-corrected chi connectivity index (χ4v) is 6.28. The number of hydrogen-bond acceptors (Lipinski definition) is 6. The quantitative estimate of drug-likeness (QED) is 0.299. The zero-order valence-electron chi connectivity index (χ0n) is 21.9. The molecule has 1 amide bonds. The van der Waals surface area contributed by atoms with Gasteiger partial charge in [-0.3, -0.25) is 14.2 Å². The zero-order valence-corrected chi connectivity index (χ0v) is 23.5. The van der Waals surface area contributed by atoms with Crippen LogP contribution in [0.3, 0.4) is 0 Å². The van der Waals surface area contributed by atoms with Crippen molar-refractivity contribution in [3.8, 4) is 0 Å². The molecule has 5 rings (SSSR count). The second-order valence-electron chi connectivity index (χ2n) is 9.70. The largest absolute Gasteiger partial charge is 0.353 e. The Morgan fingerprint density at radius 1 is 1.07 bits per heavy atom. The third-order valence-electron chi connectivity index (χ3n) is 6.95. The van der Waals surface area contributed by atoms with Crippen molar-refractivity contribution in [3.63, 3.8) is 0 Å². The molecular formula is C28H28ClFN6O3S. The van der Waals surface area contributed by atoms with Crippen molar-refractivity contribution >= 4 is 44.7 Å². The smallest absolute Gasteiger partial charge is 0.282 e. The Labute approximate surface area is 237 Å². The summed E-state index contributed by atoms with van der Waals surface area (Å²) >= 11 is 6.70. The molecule has 1 aliphatic rings. The molecule has 12 heteroatoms. The molecule has 0 saturated carbocycles. The van der Waals surface area contributed by atoms with Crippen molar-refractivity contribution in [1.29, 1.82) is 0 Å². The number of likely N-dealkylation sites (tertiary alicyclic amines) is 1. The highest BCUT2D eigenvalue weighted by Crippen LogP contribution is 2.36. The lowest BCUT2D eigenvalue weighted by Gasteiger charge is -2.33. The number of para-hydroxylation sites is 1. The molecule has 4 aromatic rings. The molecule has 0 aliphatic carbocycles. The number of carbonyl (C=O) groups is 1. The van der Waals surface area contributed by atoms with Crippen LogP contribution in [-0.4, -0.2) is 47.1 Å². The summed E-state index contributed by atoms with van der Waals surface area (Å²) in [6.45, 7) is 2.84. The van der Waals surface area contributed by atoms with Gasteiger partial charge in [-0.2, -0.15) is 13.5 Å². The van der Waals surface area contributed by atoms with Crippen LogP contribution in [0.5, 0.6) is 0 Å². The predicted molar refractivity (Wildman–Crippen MR) is 152 cm³/mol. The van der Waals surface area contributed by atoms with Gasteiger partial charge < -0.3 is 10.2 Å².